The Morgan fingerprint density at radius 3 is 2.24 bits per heavy atom. The Kier molecular flexibility index (Phi) is 6.46. The molecule has 1 atom stereocenters. The summed E-state index contributed by atoms with van der Waals surface area (Å²) in [5.41, 5.74) is 2.92. The Morgan fingerprint density at radius 1 is 0.939 bits per heavy atom. The topological polar surface area (TPSA) is 95.6 Å². The first kappa shape index (κ1) is 22.5. The molecule has 0 bridgehead atoms. The summed E-state index contributed by atoms with van der Waals surface area (Å²) in [5.74, 6) is -0.701. The maximum atomic E-state index is 12.7. The van der Waals surface area contributed by atoms with Crippen molar-refractivity contribution in [3.8, 4) is 0 Å². The molecule has 33 heavy (non-hydrogen) atoms. The van der Waals surface area contributed by atoms with Crippen molar-refractivity contribution in [2.45, 2.75) is 24.8 Å². The molecule has 0 unspecified atom stereocenters. The van der Waals surface area contributed by atoms with Crippen molar-refractivity contribution >= 4 is 33.2 Å². The first-order valence-electron chi connectivity index (χ1n) is 10.6. The fourth-order valence-corrected chi connectivity index (χ4v) is 4.76. The van der Waals surface area contributed by atoms with E-state index in [1.54, 1.807) is 53.4 Å². The van der Waals surface area contributed by atoms with Crippen molar-refractivity contribution in [2.24, 2.45) is 5.92 Å². The molecule has 3 aromatic rings. The monoisotopic (exact) mass is 463 g/mol. The van der Waals surface area contributed by atoms with Crippen molar-refractivity contribution in [3.63, 3.8) is 0 Å². The highest BCUT2D eigenvalue weighted by molar-refractivity contribution is 7.92. The zero-order valence-corrected chi connectivity index (χ0v) is 19.0. The van der Waals surface area contributed by atoms with Gasteiger partial charge < -0.3 is 10.2 Å². The standard InChI is InChI=1S/C25H25N3O4S/c1-18-7-13-23(14-8-18)33(31,32)27-22-11-9-21(10-12-22)26-25(30)20-15-24(29)28(17-20)16-19-5-3-2-4-6-19/h2-14,20,27H,15-17H2,1H3,(H,26,30)/t20-/m1/s1. The molecule has 1 aliphatic rings. The summed E-state index contributed by atoms with van der Waals surface area (Å²) in [4.78, 5) is 26.9. The van der Waals surface area contributed by atoms with Gasteiger partial charge in [-0.2, -0.15) is 0 Å². The number of aryl methyl sites for hydroxylation is 1. The van der Waals surface area contributed by atoms with Crippen LogP contribution in [0.1, 0.15) is 17.5 Å². The number of hydrogen-bond acceptors (Lipinski definition) is 4. The number of carbonyl (C=O) groups excluding carboxylic acids is 2. The van der Waals surface area contributed by atoms with Crippen LogP contribution in [-0.2, 0) is 26.2 Å². The van der Waals surface area contributed by atoms with Gasteiger partial charge in [0.05, 0.1) is 10.8 Å². The van der Waals surface area contributed by atoms with Crippen molar-refractivity contribution in [3.05, 3.63) is 90.0 Å². The molecule has 1 heterocycles. The van der Waals surface area contributed by atoms with Gasteiger partial charge in [-0.05, 0) is 48.9 Å². The summed E-state index contributed by atoms with van der Waals surface area (Å²) in [7, 11) is -3.70. The predicted octanol–water partition coefficient (Wildman–Crippen LogP) is 3.78. The fourth-order valence-electron chi connectivity index (χ4n) is 3.70. The van der Waals surface area contributed by atoms with Crippen LogP contribution < -0.4 is 10.0 Å². The first-order valence-corrected chi connectivity index (χ1v) is 12.1. The van der Waals surface area contributed by atoms with Gasteiger partial charge in [0, 0.05) is 30.9 Å². The molecule has 0 saturated carbocycles. The average Bonchev–Trinajstić information content (AvgIpc) is 3.16. The smallest absolute Gasteiger partial charge is 0.261 e. The SMILES string of the molecule is Cc1ccc(S(=O)(=O)Nc2ccc(NC(=O)[C@@H]3CC(=O)N(Cc4ccccc4)C3)cc2)cc1. The van der Waals surface area contributed by atoms with Gasteiger partial charge in [0.1, 0.15) is 0 Å². The summed E-state index contributed by atoms with van der Waals surface area (Å²) in [6.07, 6.45) is 0.174. The largest absolute Gasteiger partial charge is 0.338 e. The lowest BCUT2D eigenvalue weighted by atomic mass is 10.1. The minimum atomic E-state index is -3.70. The Morgan fingerprint density at radius 2 is 1.58 bits per heavy atom. The maximum Gasteiger partial charge on any atom is 0.261 e. The third-order valence-electron chi connectivity index (χ3n) is 5.54. The third-order valence-corrected chi connectivity index (χ3v) is 6.93. The quantitative estimate of drug-likeness (QED) is 0.557. The second-order valence-corrected chi connectivity index (χ2v) is 9.83. The highest BCUT2D eigenvalue weighted by atomic mass is 32.2. The summed E-state index contributed by atoms with van der Waals surface area (Å²) in [6.45, 7) is 2.74. The van der Waals surface area contributed by atoms with Gasteiger partial charge in [0.2, 0.25) is 11.8 Å². The van der Waals surface area contributed by atoms with E-state index < -0.39 is 15.9 Å². The summed E-state index contributed by atoms with van der Waals surface area (Å²) in [6, 6.07) is 22.7. The van der Waals surface area contributed by atoms with Gasteiger partial charge in [-0.1, -0.05) is 48.0 Å². The van der Waals surface area contributed by atoms with Gasteiger partial charge in [-0.3, -0.25) is 14.3 Å². The molecule has 170 valence electrons. The number of amides is 2. The van der Waals surface area contributed by atoms with E-state index in [2.05, 4.69) is 10.0 Å². The van der Waals surface area contributed by atoms with Gasteiger partial charge in [0.25, 0.3) is 10.0 Å². The molecular weight excluding hydrogens is 438 g/mol. The van der Waals surface area contributed by atoms with Crippen LogP contribution in [0.15, 0.2) is 83.8 Å². The lowest BCUT2D eigenvalue weighted by Crippen LogP contribution is -2.28. The molecule has 8 heteroatoms. The Hall–Kier alpha value is -3.65. The lowest BCUT2D eigenvalue weighted by Gasteiger charge is -2.16. The predicted molar refractivity (Wildman–Crippen MR) is 127 cm³/mol. The van der Waals surface area contributed by atoms with Crippen LogP contribution >= 0.6 is 0 Å². The first-order chi connectivity index (χ1) is 15.8. The van der Waals surface area contributed by atoms with E-state index in [9.17, 15) is 18.0 Å². The fraction of sp³-hybridized carbons (Fsp3) is 0.200. The van der Waals surface area contributed by atoms with Crippen LogP contribution in [0.4, 0.5) is 11.4 Å². The summed E-state index contributed by atoms with van der Waals surface area (Å²) < 4.78 is 27.6. The van der Waals surface area contributed by atoms with Crippen molar-refractivity contribution in [2.75, 3.05) is 16.6 Å². The van der Waals surface area contributed by atoms with Crippen LogP contribution in [0.3, 0.4) is 0 Å². The van der Waals surface area contributed by atoms with Gasteiger partial charge in [-0.25, -0.2) is 8.42 Å². The summed E-state index contributed by atoms with van der Waals surface area (Å²) in [5, 5.41) is 2.82. The van der Waals surface area contributed by atoms with E-state index >= 15 is 0 Å². The molecule has 0 spiro atoms. The molecule has 1 fully saturated rings. The Bertz CT molecular complexity index is 1240. The van der Waals surface area contributed by atoms with E-state index in [4.69, 9.17) is 0 Å². The van der Waals surface area contributed by atoms with Crippen molar-refractivity contribution in [1.82, 2.24) is 4.90 Å². The summed E-state index contributed by atoms with van der Waals surface area (Å²) >= 11 is 0. The molecule has 3 aromatic carbocycles. The van der Waals surface area contributed by atoms with Gasteiger partial charge in [0.15, 0.2) is 0 Å². The lowest BCUT2D eigenvalue weighted by molar-refractivity contribution is -0.128. The number of sulfonamides is 1. The van der Waals surface area contributed by atoms with E-state index in [-0.39, 0.29) is 23.1 Å². The number of likely N-dealkylation sites (tertiary alicyclic amines) is 1. The molecule has 1 aliphatic heterocycles. The van der Waals surface area contributed by atoms with Crippen LogP contribution in [-0.4, -0.2) is 31.7 Å². The zero-order chi connectivity index (χ0) is 23.4. The number of benzene rings is 3. The third kappa shape index (κ3) is 5.59. The minimum Gasteiger partial charge on any atom is -0.338 e. The number of nitrogens with zero attached hydrogens (tertiary/aromatic N) is 1. The Balaban J connectivity index is 1.34. The normalized spacial score (nSPS) is 16.0. The highest BCUT2D eigenvalue weighted by Crippen LogP contribution is 2.23. The van der Waals surface area contributed by atoms with E-state index in [0.717, 1.165) is 11.1 Å². The van der Waals surface area contributed by atoms with Crippen LogP contribution in [0, 0.1) is 12.8 Å². The molecule has 1 saturated heterocycles. The van der Waals surface area contributed by atoms with Crippen LogP contribution in [0.25, 0.3) is 0 Å². The molecule has 0 aliphatic carbocycles. The van der Waals surface area contributed by atoms with Crippen LogP contribution in [0.2, 0.25) is 0 Å². The second-order valence-electron chi connectivity index (χ2n) is 8.15. The second kappa shape index (κ2) is 9.46. The number of nitrogens with one attached hydrogen (secondary N) is 2. The number of anilines is 2. The molecule has 4 rings (SSSR count). The molecule has 2 amide bonds. The Labute approximate surface area is 193 Å². The van der Waals surface area contributed by atoms with Crippen molar-refractivity contribution < 1.29 is 18.0 Å². The van der Waals surface area contributed by atoms with E-state index in [1.807, 2.05) is 37.3 Å². The molecule has 0 radical (unpaired) electrons. The average molecular weight is 464 g/mol. The van der Waals surface area contributed by atoms with Gasteiger partial charge >= 0.3 is 0 Å². The minimum absolute atomic E-state index is 0.0418. The maximum absolute atomic E-state index is 12.7. The molecule has 7 nitrogen and oxygen atoms in total. The van der Waals surface area contributed by atoms with E-state index in [0.29, 0.717) is 24.5 Å². The number of carbonyl (C=O) groups is 2. The molecular formula is C25H25N3O4S. The zero-order valence-electron chi connectivity index (χ0n) is 18.2. The number of hydrogen-bond donors (Lipinski definition) is 2. The highest BCUT2D eigenvalue weighted by Gasteiger charge is 2.34. The molecule has 2 N–H and O–H groups in total. The molecule has 0 aromatic heterocycles. The van der Waals surface area contributed by atoms with E-state index in [1.165, 1.54) is 0 Å². The van der Waals surface area contributed by atoms with Gasteiger partial charge in [-0.15, -0.1) is 0 Å². The van der Waals surface area contributed by atoms with Crippen LogP contribution in [0.5, 0.6) is 0 Å². The van der Waals surface area contributed by atoms with Crippen molar-refractivity contribution in [1.29, 1.82) is 0 Å². The number of rotatable bonds is 7.